The number of halogens is 1. The molecule has 1 heterocycles. The van der Waals surface area contributed by atoms with Gasteiger partial charge in [0.25, 0.3) is 0 Å². The molecular formula is C6H9ClN4S. The van der Waals surface area contributed by atoms with Gasteiger partial charge in [0.15, 0.2) is 0 Å². The molecule has 0 saturated heterocycles. The molecule has 0 spiro atoms. The lowest BCUT2D eigenvalue weighted by molar-refractivity contribution is 1.13. The highest BCUT2D eigenvalue weighted by atomic mass is 35.5. The molecule has 0 unspecified atom stereocenters. The minimum Gasteiger partial charge on any atom is -0.383 e. The van der Waals surface area contributed by atoms with Crippen LogP contribution < -0.4 is 11.5 Å². The number of nitrogen functional groups attached to an aromatic ring is 2. The van der Waals surface area contributed by atoms with E-state index in [4.69, 9.17) is 23.1 Å². The van der Waals surface area contributed by atoms with E-state index in [1.807, 2.05) is 6.92 Å². The third kappa shape index (κ3) is 1.92. The zero-order chi connectivity index (χ0) is 9.14. The topological polar surface area (TPSA) is 77.8 Å². The fourth-order valence-corrected chi connectivity index (χ4v) is 1.73. The van der Waals surface area contributed by atoms with Gasteiger partial charge in [0, 0.05) is 0 Å². The molecule has 1 aromatic rings. The molecule has 4 N–H and O–H groups in total. The number of hydrogen-bond donors (Lipinski definition) is 2. The Morgan fingerprint density at radius 1 is 1.42 bits per heavy atom. The molecule has 1 rings (SSSR count). The molecular weight excluding hydrogens is 196 g/mol. The SMILES string of the molecule is CCSc1c(N)nc(N)nc1Cl. The number of hydrogen-bond acceptors (Lipinski definition) is 5. The summed E-state index contributed by atoms with van der Waals surface area (Å²) >= 11 is 7.28. The zero-order valence-electron chi connectivity index (χ0n) is 6.54. The maximum Gasteiger partial charge on any atom is 0.223 e. The Bertz CT molecular complexity index is 268. The molecule has 0 aromatic carbocycles. The Hall–Kier alpha value is -0.680. The van der Waals surface area contributed by atoms with Crippen LogP contribution in [0.25, 0.3) is 0 Å². The molecule has 0 aliphatic heterocycles. The number of aromatic nitrogens is 2. The summed E-state index contributed by atoms with van der Waals surface area (Å²) in [4.78, 5) is 8.28. The lowest BCUT2D eigenvalue weighted by Crippen LogP contribution is -2.01. The van der Waals surface area contributed by atoms with E-state index in [2.05, 4.69) is 9.97 Å². The average Bonchev–Trinajstić information content (AvgIpc) is 1.96. The molecule has 66 valence electrons. The molecule has 6 heteroatoms. The summed E-state index contributed by atoms with van der Waals surface area (Å²) in [6.45, 7) is 2.00. The van der Waals surface area contributed by atoms with Gasteiger partial charge in [-0.15, -0.1) is 11.8 Å². The molecule has 0 saturated carbocycles. The molecule has 0 fully saturated rings. The van der Waals surface area contributed by atoms with Gasteiger partial charge in [0.2, 0.25) is 5.95 Å². The van der Waals surface area contributed by atoms with Crippen molar-refractivity contribution >= 4 is 35.1 Å². The normalized spacial score (nSPS) is 10.2. The van der Waals surface area contributed by atoms with Crippen LogP contribution in [0.1, 0.15) is 6.92 Å². The summed E-state index contributed by atoms with van der Waals surface area (Å²) in [5.74, 6) is 1.33. The lowest BCUT2D eigenvalue weighted by Gasteiger charge is -2.04. The van der Waals surface area contributed by atoms with E-state index in [9.17, 15) is 0 Å². The highest BCUT2D eigenvalue weighted by Gasteiger charge is 2.08. The maximum atomic E-state index is 5.78. The second-order valence-electron chi connectivity index (χ2n) is 2.02. The van der Waals surface area contributed by atoms with Gasteiger partial charge in [-0.3, -0.25) is 0 Å². The van der Waals surface area contributed by atoms with Crippen LogP contribution in [0.2, 0.25) is 5.15 Å². The van der Waals surface area contributed by atoms with Gasteiger partial charge in [0.05, 0.1) is 4.90 Å². The molecule has 4 nitrogen and oxygen atoms in total. The van der Waals surface area contributed by atoms with Gasteiger partial charge in [0.1, 0.15) is 11.0 Å². The standard InChI is InChI=1S/C6H9ClN4S/c1-2-12-3-4(7)10-6(9)11-5(3)8/h2H2,1H3,(H4,8,9,10,11). The average molecular weight is 205 g/mol. The summed E-state index contributed by atoms with van der Waals surface area (Å²) in [7, 11) is 0. The van der Waals surface area contributed by atoms with Crippen molar-refractivity contribution in [2.24, 2.45) is 0 Å². The summed E-state index contributed by atoms with van der Waals surface area (Å²) in [5.41, 5.74) is 10.9. The first-order chi connectivity index (χ1) is 5.65. The molecule has 0 amide bonds. The molecule has 1 aromatic heterocycles. The van der Waals surface area contributed by atoms with E-state index < -0.39 is 0 Å². The quantitative estimate of drug-likeness (QED) is 0.563. The third-order valence-electron chi connectivity index (χ3n) is 1.16. The van der Waals surface area contributed by atoms with Gasteiger partial charge < -0.3 is 11.5 Å². The largest absolute Gasteiger partial charge is 0.383 e. The monoisotopic (exact) mass is 204 g/mol. The lowest BCUT2D eigenvalue weighted by atomic mass is 10.6. The minimum absolute atomic E-state index is 0.109. The van der Waals surface area contributed by atoms with Crippen molar-refractivity contribution in [2.75, 3.05) is 17.2 Å². The van der Waals surface area contributed by atoms with Crippen molar-refractivity contribution in [2.45, 2.75) is 11.8 Å². The van der Waals surface area contributed by atoms with E-state index in [1.165, 1.54) is 11.8 Å². The van der Waals surface area contributed by atoms with E-state index in [0.29, 0.717) is 15.9 Å². The van der Waals surface area contributed by atoms with Crippen LogP contribution in [-0.2, 0) is 0 Å². The van der Waals surface area contributed by atoms with Crippen LogP contribution in [0.4, 0.5) is 11.8 Å². The van der Waals surface area contributed by atoms with Gasteiger partial charge >= 0.3 is 0 Å². The van der Waals surface area contributed by atoms with Crippen molar-refractivity contribution in [3.8, 4) is 0 Å². The Balaban J connectivity index is 3.10. The molecule has 12 heavy (non-hydrogen) atoms. The van der Waals surface area contributed by atoms with Crippen molar-refractivity contribution in [1.82, 2.24) is 9.97 Å². The predicted octanol–water partition coefficient (Wildman–Crippen LogP) is 1.41. The Morgan fingerprint density at radius 2 is 2.08 bits per heavy atom. The second-order valence-corrected chi connectivity index (χ2v) is 3.65. The Labute approximate surface area is 79.7 Å². The first kappa shape index (κ1) is 9.41. The van der Waals surface area contributed by atoms with E-state index >= 15 is 0 Å². The molecule has 0 atom stereocenters. The number of rotatable bonds is 2. The fraction of sp³-hybridized carbons (Fsp3) is 0.333. The highest BCUT2D eigenvalue weighted by molar-refractivity contribution is 7.99. The van der Waals surface area contributed by atoms with Crippen LogP contribution in [0.15, 0.2) is 4.90 Å². The summed E-state index contributed by atoms with van der Waals surface area (Å²) in [5, 5.41) is 0.326. The number of nitrogens with zero attached hydrogens (tertiary/aromatic N) is 2. The van der Waals surface area contributed by atoms with Crippen LogP contribution in [0.3, 0.4) is 0 Å². The van der Waals surface area contributed by atoms with Crippen LogP contribution in [-0.4, -0.2) is 15.7 Å². The van der Waals surface area contributed by atoms with E-state index in [1.54, 1.807) is 0 Å². The van der Waals surface area contributed by atoms with Crippen LogP contribution in [0.5, 0.6) is 0 Å². The van der Waals surface area contributed by atoms with Crippen molar-refractivity contribution in [3.63, 3.8) is 0 Å². The molecule has 0 bridgehead atoms. The van der Waals surface area contributed by atoms with Gasteiger partial charge in [-0.2, -0.15) is 9.97 Å². The maximum absolute atomic E-state index is 5.78. The predicted molar refractivity (Wildman–Crippen MR) is 52.3 cm³/mol. The van der Waals surface area contributed by atoms with Crippen LogP contribution in [0, 0.1) is 0 Å². The van der Waals surface area contributed by atoms with Gasteiger partial charge in [-0.1, -0.05) is 18.5 Å². The molecule has 0 radical (unpaired) electrons. The van der Waals surface area contributed by atoms with Gasteiger partial charge in [-0.25, -0.2) is 0 Å². The first-order valence-corrected chi connectivity index (χ1v) is 4.72. The molecule has 0 aliphatic rings. The zero-order valence-corrected chi connectivity index (χ0v) is 8.11. The smallest absolute Gasteiger partial charge is 0.223 e. The van der Waals surface area contributed by atoms with Crippen molar-refractivity contribution < 1.29 is 0 Å². The Morgan fingerprint density at radius 3 is 2.58 bits per heavy atom. The van der Waals surface area contributed by atoms with E-state index in [0.717, 1.165) is 5.75 Å². The Kier molecular flexibility index (Phi) is 2.99. The fourth-order valence-electron chi connectivity index (χ4n) is 0.734. The number of anilines is 2. The van der Waals surface area contributed by atoms with Crippen molar-refractivity contribution in [1.29, 1.82) is 0 Å². The second kappa shape index (κ2) is 3.82. The molecule has 0 aliphatic carbocycles. The van der Waals surface area contributed by atoms with Crippen molar-refractivity contribution in [3.05, 3.63) is 5.15 Å². The minimum atomic E-state index is 0.109. The first-order valence-electron chi connectivity index (χ1n) is 3.36. The number of nitrogens with two attached hydrogens (primary N) is 2. The summed E-state index contributed by atoms with van der Waals surface area (Å²) < 4.78 is 0. The number of thioether (sulfide) groups is 1. The summed E-state index contributed by atoms with van der Waals surface area (Å²) in [6, 6.07) is 0. The van der Waals surface area contributed by atoms with E-state index in [-0.39, 0.29) is 5.95 Å². The van der Waals surface area contributed by atoms with Crippen LogP contribution >= 0.6 is 23.4 Å². The van der Waals surface area contributed by atoms with Gasteiger partial charge in [-0.05, 0) is 5.75 Å². The summed E-state index contributed by atoms with van der Waals surface area (Å²) in [6.07, 6.45) is 0. The third-order valence-corrected chi connectivity index (χ3v) is 2.52. The highest BCUT2D eigenvalue weighted by Crippen LogP contribution is 2.29.